The number of hydrogen-bond acceptors (Lipinski definition) is 8. The molecule has 0 radical (unpaired) electrons. The highest BCUT2D eigenvalue weighted by molar-refractivity contribution is 5.89. The summed E-state index contributed by atoms with van der Waals surface area (Å²) < 4.78 is 4.93. The molecule has 1 atom stereocenters. The van der Waals surface area contributed by atoms with Crippen LogP contribution in [0.1, 0.15) is 16.7 Å². The number of hydrogen-bond donors (Lipinski definition) is 6. The van der Waals surface area contributed by atoms with E-state index in [4.69, 9.17) is 9.84 Å². The van der Waals surface area contributed by atoms with Gasteiger partial charge >= 0.3 is 11.9 Å². The molecule has 0 amide bonds. The molecule has 2 aromatic carbocycles. The van der Waals surface area contributed by atoms with Gasteiger partial charge in [-0.3, -0.25) is 0 Å². The summed E-state index contributed by atoms with van der Waals surface area (Å²) in [5.74, 6) is -3.96. The highest BCUT2D eigenvalue weighted by Crippen LogP contribution is 2.31. The predicted molar refractivity (Wildman–Crippen MR) is 101 cm³/mol. The second kappa shape index (κ2) is 9.47. The molecule has 154 valence electrons. The minimum Gasteiger partial charge on any atom is -0.504 e. The van der Waals surface area contributed by atoms with E-state index in [1.165, 1.54) is 30.3 Å². The maximum Gasteiger partial charge on any atom is 0.345 e. The lowest BCUT2D eigenvalue weighted by Crippen LogP contribution is -2.28. The Morgan fingerprint density at radius 3 is 2.34 bits per heavy atom. The van der Waals surface area contributed by atoms with Crippen molar-refractivity contribution in [2.75, 3.05) is 6.61 Å². The van der Waals surface area contributed by atoms with Crippen LogP contribution in [0.2, 0.25) is 0 Å². The molecule has 9 nitrogen and oxygen atoms in total. The molecule has 0 fully saturated rings. The van der Waals surface area contributed by atoms with Crippen molar-refractivity contribution in [2.24, 2.45) is 0 Å². The molecule has 0 bridgehead atoms. The van der Waals surface area contributed by atoms with Gasteiger partial charge in [0.05, 0.1) is 0 Å². The maximum absolute atomic E-state index is 12.0. The average molecular weight is 404 g/mol. The summed E-state index contributed by atoms with van der Waals surface area (Å²) in [6.07, 6.45) is 0.444. The van der Waals surface area contributed by atoms with Crippen LogP contribution in [-0.4, -0.2) is 55.3 Å². The zero-order chi connectivity index (χ0) is 21.6. The van der Waals surface area contributed by atoms with Crippen LogP contribution in [0.4, 0.5) is 0 Å². The summed E-state index contributed by atoms with van der Waals surface area (Å²) in [6, 6.07) is 6.41. The minimum atomic E-state index is -1.56. The second-order valence-electron chi connectivity index (χ2n) is 6.15. The van der Waals surface area contributed by atoms with Crippen LogP contribution in [-0.2, 0) is 27.2 Å². The van der Waals surface area contributed by atoms with Crippen LogP contribution < -0.4 is 0 Å². The van der Waals surface area contributed by atoms with Gasteiger partial charge in [0.15, 0.2) is 23.0 Å². The zero-order valence-electron chi connectivity index (χ0n) is 15.1. The molecule has 0 aromatic heterocycles. The van der Waals surface area contributed by atoms with Gasteiger partial charge in [-0.15, -0.1) is 0 Å². The molecule has 0 aliphatic heterocycles. The number of aliphatic hydroxyl groups is 1. The van der Waals surface area contributed by atoms with Gasteiger partial charge in [0.1, 0.15) is 0 Å². The van der Waals surface area contributed by atoms with Crippen molar-refractivity contribution >= 4 is 18.0 Å². The van der Waals surface area contributed by atoms with Crippen LogP contribution in [0.5, 0.6) is 23.0 Å². The Kier molecular flexibility index (Phi) is 7.05. The number of benzene rings is 2. The summed E-state index contributed by atoms with van der Waals surface area (Å²) in [7, 11) is 0. The minimum absolute atomic E-state index is 0.0486. The van der Waals surface area contributed by atoms with E-state index in [0.717, 1.165) is 12.1 Å². The largest absolute Gasteiger partial charge is 0.504 e. The SMILES string of the molecule is O=C(C=Cc1ccc(O)c(O)c1)OC(Cc1cc(O)c(O)c(CCO)c1)C(=O)O. The molecule has 0 saturated heterocycles. The van der Waals surface area contributed by atoms with Gasteiger partial charge in [-0.05, 0) is 41.8 Å². The number of carbonyl (C=O) groups excluding carboxylic acids is 1. The number of phenols is 4. The number of aromatic hydroxyl groups is 4. The highest BCUT2D eigenvalue weighted by Gasteiger charge is 2.23. The molecular formula is C20H20O9. The number of carboxylic acids is 1. The molecule has 2 rings (SSSR count). The van der Waals surface area contributed by atoms with Crippen molar-refractivity contribution in [3.05, 3.63) is 53.1 Å². The predicted octanol–water partition coefficient (Wildman–Crippen LogP) is 1.30. The Bertz CT molecular complexity index is 934. The van der Waals surface area contributed by atoms with Crippen LogP contribution in [0, 0.1) is 0 Å². The van der Waals surface area contributed by atoms with E-state index in [2.05, 4.69) is 0 Å². The first kappa shape index (κ1) is 21.6. The summed E-state index contributed by atoms with van der Waals surface area (Å²) in [5, 5.41) is 56.5. The van der Waals surface area contributed by atoms with Gasteiger partial charge in [0.2, 0.25) is 6.10 Å². The summed E-state index contributed by atoms with van der Waals surface area (Å²) in [4.78, 5) is 23.4. The number of esters is 1. The highest BCUT2D eigenvalue weighted by atomic mass is 16.6. The first-order chi connectivity index (χ1) is 13.7. The van der Waals surface area contributed by atoms with Crippen molar-refractivity contribution < 1.29 is 45.0 Å². The van der Waals surface area contributed by atoms with Crippen LogP contribution in [0.25, 0.3) is 6.08 Å². The Morgan fingerprint density at radius 1 is 1.00 bits per heavy atom. The number of carboxylic acid groups (broad SMARTS) is 1. The summed E-state index contributed by atoms with van der Waals surface area (Å²) >= 11 is 0. The fraction of sp³-hybridized carbons (Fsp3) is 0.200. The van der Waals surface area contributed by atoms with E-state index in [1.807, 2.05) is 0 Å². The zero-order valence-corrected chi connectivity index (χ0v) is 15.1. The molecule has 0 heterocycles. The van der Waals surface area contributed by atoms with Crippen LogP contribution >= 0.6 is 0 Å². The third kappa shape index (κ3) is 5.88. The molecule has 0 aliphatic carbocycles. The molecule has 29 heavy (non-hydrogen) atoms. The van der Waals surface area contributed by atoms with Crippen molar-refractivity contribution in [1.82, 2.24) is 0 Å². The average Bonchev–Trinajstić information content (AvgIpc) is 2.66. The molecule has 9 heteroatoms. The topological polar surface area (TPSA) is 165 Å². The number of phenolic OH excluding ortho intramolecular Hbond substituents is 4. The van der Waals surface area contributed by atoms with Gasteiger partial charge in [-0.25, -0.2) is 9.59 Å². The molecule has 0 saturated carbocycles. The third-order valence-corrected chi connectivity index (χ3v) is 3.98. The van der Waals surface area contributed by atoms with Gasteiger partial charge in [-0.1, -0.05) is 12.1 Å². The molecule has 1 unspecified atom stereocenters. The van der Waals surface area contributed by atoms with Crippen molar-refractivity contribution in [2.45, 2.75) is 18.9 Å². The molecular weight excluding hydrogens is 384 g/mol. The number of aliphatic carboxylic acids is 1. The molecule has 2 aromatic rings. The molecule has 6 N–H and O–H groups in total. The normalized spacial score (nSPS) is 12.0. The smallest absolute Gasteiger partial charge is 0.345 e. The Hall–Kier alpha value is -3.72. The standard InChI is InChI=1S/C20H20O9/c21-6-5-13-7-12(9-16(24)19(13)26)10-17(20(27)28)29-18(25)4-2-11-1-3-14(22)15(23)8-11/h1-4,7-9,17,21-24,26H,5-6,10H2,(H,27,28). The quantitative estimate of drug-likeness (QED) is 0.216. The first-order valence-corrected chi connectivity index (χ1v) is 8.49. The van der Waals surface area contributed by atoms with E-state index < -0.39 is 29.5 Å². The van der Waals surface area contributed by atoms with Gasteiger partial charge in [0, 0.05) is 24.7 Å². The van der Waals surface area contributed by atoms with Gasteiger partial charge in [0.25, 0.3) is 0 Å². The van der Waals surface area contributed by atoms with Crippen molar-refractivity contribution in [1.29, 1.82) is 0 Å². The number of ether oxygens (including phenoxy) is 1. The maximum atomic E-state index is 12.0. The second-order valence-corrected chi connectivity index (χ2v) is 6.15. The lowest BCUT2D eigenvalue weighted by Gasteiger charge is -2.14. The van der Waals surface area contributed by atoms with Gasteiger partial charge in [-0.2, -0.15) is 0 Å². The Labute approximate surface area is 165 Å². The van der Waals surface area contributed by atoms with E-state index in [9.17, 15) is 35.1 Å². The fourth-order valence-electron chi connectivity index (χ4n) is 2.55. The number of carbonyl (C=O) groups is 2. The monoisotopic (exact) mass is 404 g/mol. The third-order valence-electron chi connectivity index (χ3n) is 3.98. The lowest BCUT2D eigenvalue weighted by atomic mass is 10.0. The van der Waals surface area contributed by atoms with Crippen molar-refractivity contribution in [3.63, 3.8) is 0 Å². The van der Waals surface area contributed by atoms with E-state index >= 15 is 0 Å². The van der Waals surface area contributed by atoms with Crippen LogP contribution in [0.15, 0.2) is 36.4 Å². The Morgan fingerprint density at radius 2 is 1.72 bits per heavy atom. The summed E-state index contributed by atoms with van der Waals surface area (Å²) in [6.45, 7) is -0.286. The molecule has 0 spiro atoms. The number of aliphatic hydroxyl groups excluding tert-OH is 1. The van der Waals surface area contributed by atoms with Gasteiger partial charge < -0.3 is 35.4 Å². The fourth-order valence-corrected chi connectivity index (χ4v) is 2.55. The lowest BCUT2D eigenvalue weighted by molar-refractivity contribution is -0.160. The summed E-state index contributed by atoms with van der Waals surface area (Å²) in [5.41, 5.74) is 0.891. The van der Waals surface area contributed by atoms with E-state index in [-0.39, 0.29) is 42.1 Å². The Balaban J connectivity index is 2.12. The molecule has 0 aliphatic rings. The first-order valence-electron chi connectivity index (χ1n) is 8.49. The van der Waals surface area contributed by atoms with E-state index in [1.54, 1.807) is 0 Å². The van der Waals surface area contributed by atoms with E-state index in [0.29, 0.717) is 5.56 Å². The van der Waals surface area contributed by atoms with Crippen LogP contribution in [0.3, 0.4) is 0 Å². The number of rotatable bonds is 8. The van der Waals surface area contributed by atoms with Crippen molar-refractivity contribution in [3.8, 4) is 23.0 Å².